The standard InChI is InChI=1S/C9H11.K/c1-2-6-9-7-4-3-5-8-9;/h3-5,7-8H,1-2,6H2;/q-1;+1. The van der Waals surface area contributed by atoms with E-state index in [0.717, 1.165) is 12.8 Å². The van der Waals surface area contributed by atoms with Crippen LogP contribution in [0.1, 0.15) is 12.0 Å². The van der Waals surface area contributed by atoms with Crippen LogP contribution < -0.4 is 51.4 Å². The zero-order valence-corrected chi connectivity index (χ0v) is 9.63. The van der Waals surface area contributed by atoms with Gasteiger partial charge in [-0.05, 0) is 0 Å². The quantitative estimate of drug-likeness (QED) is 0.400. The third kappa shape index (κ3) is 3.89. The van der Waals surface area contributed by atoms with Gasteiger partial charge in [0.15, 0.2) is 0 Å². The summed E-state index contributed by atoms with van der Waals surface area (Å²) in [6.45, 7) is 3.78. The summed E-state index contributed by atoms with van der Waals surface area (Å²) in [6.07, 6.45) is 2.09. The Morgan fingerprint density at radius 1 is 1.10 bits per heavy atom. The molecule has 0 aliphatic rings. The Labute approximate surface area is 105 Å². The third-order valence-electron chi connectivity index (χ3n) is 1.31. The first kappa shape index (κ1) is 10.9. The van der Waals surface area contributed by atoms with Crippen LogP contribution in [0.25, 0.3) is 0 Å². The van der Waals surface area contributed by atoms with Crippen LogP contribution >= 0.6 is 0 Å². The van der Waals surface area contributed by atoms with Crippen molar-refractivity contribution in [3.8, 4) is 0 Å². The monoisotopic (exact) mass is 158 g/mol. The number of benzene rings is 1. The van der Waals surface area contributed by atoms with E-state index in [9.17, 15) is 0 Å². The van der Waals surface area contributed by atoms with E-state index in [-0.39, 0.29) is 51.4 Å². The van der Waals surface area contributed by atoms with Crippen LogP contribution in [0.4, 0.5) is 0 Å². The Morgan fingerprint density at radius 3 is 2.20 bits per heavy atom. The van der Waals surface area contributed by atoms with E-state index in [4.69, 9.17) is 0 Å². The molecular formula is C9H11K. The maximum atomic E-state index is 3.78. The number of hydrogen-bond acceptors (Lipinski definition) is 0. The molecule has 0 heterocycles. The molecule has 1 heteroatoms. The smallest absolute Gasteiger partial charge is 0.343 e. The number of rotatable bonds is 2. The molecular weight excluding hydrogens is 147 g/mol. The summed E-state index contributed by atoms with van der Waals surface area (Å²) in [7, 11) is 0. The van der Waals surface area contributed by atoms with Crippen LogP contribution in [0.2, 0.25) is 0 Å². The molecule has 0 saturated heterocycles. The fourth-order valence-corrected chi connectivity index (χ4v) is 0.849. The molecule has 0 fully saturated rings. The molecule has 0 unspecified atom stereocenters. The van der Waals surface area contributed by atoms with Gasteiger partial charge in [-0.15, -0.1) is 0 Å². The van der Waals surface area contributed by atoms with Crippen LogP contribution in [0.15, 0.2) is 30.3 Å². The second kappa shape index (κ2) is 6.56. The van der Waals surface area contributed by atoms with Gasteiger partial charge in [0.1, 0.15) is 0 Å². The molecule has 0 N–H and O–H groups in total. The summed E-state index contributed by atoms with van der Waals surface area (Å²) in [6, 6.07) is 10.4. The zero-order chi connectivity index (χ0) is 6.53. The molecule has 1 aromatic rings. The van der Waals surface area contributed by atoms with E-state index in [0.29, 0.717) is 0 Å². The van der Waals surface area contributed by atoms with Crippen molar-refractivity contribution in [2.75, 3.05) is 0 Å². The minimum Gasteiger partial charge on any atom is -0.343 e. The normalized spacial score (nSPS) is 8.50. The molecule has 1 rings (SSSR count). The van der Waals surface area contributed by atoms with Crippen LogP contribution in [0, 0.1) is 6.92 Å². The summed E-state index contributed by atoms with van der Waals surface area (Å²) < 4.78 is 0. The van der Waals surface area contributed by atoms with Crippen molar-refractivity contribution in [1.82, 2.24) is 0 Å². The molecule has 10 heavy (non-hydrogen) atoms. The molecule has 48 valence electrons. The first-order valence-electron chi connectivity index (χ1n) is 3.26. The van der Waals surface area contributed by atoms with Gasteiger partial charge in [0.2, 0.25) is 0 Å². The van der Waals surface area contributed by atoms with E-state index < -0.39 is 0 Å². The van der Waals surface area contributed by atoms with Gasteiger partial charge in [-0.2, -0.15) is 6.42 Å². The van der Waals surface area contributed by atoms with Crippen molar-refractivity contribution in [2.24, 2.45) is 0 Å². The average molecular weight is 158 g/mol. The van der Waals surface area contributed by atoms with Crippen LogP contribution in [0.3, 0.4) is 0 Å². The van der Waals surface area contributed by atoms with Gasteiger partial charge >= 0.3 is 51.4 Å². The van der Waals surface area contributed by atoms with Gasteiger partial charge in [-0.3, -0.25) is 0 Å². The van der Waals surface area contributed by atoms with Crippen LogP contribution in [-0.4, -0.2) is 0 Å². The van der Waals surface area contributed by atoms with Crippen LogP contribution in [0.5, 0.6) is 0 Å². The molecule has 0 radical (unpaired) electrons. The summed E-state index contributed by atoms with van der Waals surface area (Å²) >= 11 is 0. The summed E-state index contributed by atoms with van der Waals surface area (Å²) in [5.74, 6) is 0. The summed E-state index contributed by atoms with van der Waals surface area (Å²) in [4.78, 5) is 0. The van der Waals surface area contributed by atoms with Crippen molar-refractivity contribution in [2.45, 2.75) is 12.8 Å². The molecule has 0 spiro atoms. The first-order valence-corrected chi connectivity index (χ1v) is 3.26. The maximum Gasteiger partial charge on any atom is 1.00 e. The molecule has 0 aromatic heterocycles. The SMILES string of the molecule is [CH2-]CCc1ccccc1.[K+]. The summed E-state index contributed by atoms with van der Waals surface area (Å²) in [5.41, 5.74) is 1.38. The van der Waals surface area contributed by atoms with Crippen molar-refractivity contribution in [3.63, 3.8) is 0 Å². The molecule has 0 nitrogen and oxygen atoms in total. The van der Waals surface area contributed by atoms with Crippen molar-refractivity contribution in [3.05, 3.63) is 42.8 Å². The fourth-order valence-electron chi connectivity index (χ4n) is 0.849. The van der Waals surface area contributed by atoms with Gasteiger partial charge in [0, 0.05) is 0 Å². The Hall–Kier alpha value is 0.856. The Bertz CT molecular complexity index is 158. The van der Waals surface area contributed by atoms with Gasteiger partial charge in [-0.25, -0.2) is 0 Å². The Morgan fingerprint density at radius 2 is 1.70 bits per heavy atom. The molecule has 0 bridgehead atoms. The molecule has 0 aliphatic heterocycles. The average Bonchev–Trinajstić information content (AvgIpc) is 1.91. The first-order chi connectivity index (χ1) is 4.43. The maximum absolute atomic E-state index is 3.78. The topological polar surface area (TPSA) is 0 Å². The molecule has 1 aromatic carbocycles. The largest absolute Gasteiger partial charge is 1.00 e. The Balaban J connectivity index is 0.000000810. The second-order valence-electron chi connectivity index (χ2n) is 2.09. The predicted octanol–water partition coefficient (Wildman–Crippen LogP) is -0.543. The van der Waals surface area contributed by atoms with Gasteiger partial charge in [-0.1, -0.05) is 42.3 Å². The van der Waals surface area contributed by atoms with Crippen molar-refractivity contribution >= 4 is 0 Å². The van der Waals surface area contributed by atoms with E-state index in [1.54, 1.807) is 0 Å². The predicted molar refractivity (Wildman–Crippen MR) is 40.1 cm³/mol. The van der Waals surface area contributed by atoms with Crippen molar-refractivity contribution < 1.29 is 51.4 Å². The molecule has 0 atom stereocenters. The molecule has 0 amide bonds. The Kier molecular flexibility index (Phi) is 7.12. The minimum absolute atomic E-state index is 0. The van der Waals surface area contributed by atoms with Crippen LogP contribution in [-0.2, 0) is 6.42 Å². The van der Waals surface area contributed by atoms with Gasteiger partial charge < -0.3 is 6.92 Å². The van der Waals surface area contributed by atoms with Crippen molar-refractivity contribution in [1.29, 1.82) is 0 Å². The molecule has 0 saturated carbocycles. The minimum atomic E-state index is 0. The fraction of sp³-hybridized carbons (Fsp3) is 0.222. The zero-order valence-electron chi connectivity index (χ0n) is 6.51. The third-order valence-corrected chi connectivity index (χ3v) is 1.31. The van der Waals surface area contributed by atoms with E-state index in [1.165, 1.54) is 5.56 Å². The summed E-state index contributed by atoms with van der Waals surface area (Å²) in [5, 5.41) is 0. The van der Waals surface area contributed by atoms with Gasteiger partial charge in [0.05, 0.1) is 0 Å². The van der Waals surface area contributed by atoms with E-state index in [2.05, 4.69) is 31.2 Å². The number of aryl methyl sites for hydroxylation is 1. The van der Waals surface area contributed by atoms with E-state index in [1.807, 2.05) is 6.07 Å². The number of hydrogen-bond donors (Lipinski definition) is 0. The molecule has 0 aliphatic carbocycles. The van der Waals surface area contributed by atoms with Gasteiger partial charge in [0.25, 0.3) is 0 Å². The van der Waals surface area contributed by atoms with E-state index >= 15 is 0 Å². The second-order valence-corrected chi connectivity index (χ2v) is 2.09.